The van der Waals surface area contributed by atoms with Gasteiger partial charge in [-0.15, -0.1) is 0 Å². The van der Waals surface area contributed by atoms with E-state index < -0.39 is 0 Å². The van der Waals surface area contributed by atoms with Crippen molar-refractivity contribution in [1.82, 2.24) is 14.8 Å². The Balaban J connectivity index is 1.88. The van der Waals surface area contributed by atoms with Gasteiger partial charge in [0, 0.05) is 29.9 Å². The number of pyridine rings is 1. The molecule has 0 saturated carbocycles. The molecule has 0 aliphatic heterocycles. The van der Waals surface area contributed by atoms with Crippen LogP contribution in [0, 0.1) is 20.8 Å². The number of likely N-dealkylation sites (N-methyl/N-ethyl adjacent to an activating group) is 1. The third kappa shape index (κ3) is 5.75. The van der Waals surface area contributed by atoms with Crippen molar-refractivity contribution >= 4 is 33.9 Å². The highest BCUT2D eigenvalue weighted by Gasteiger charge is 2.16. The molecule has 170 valence electrons. The van der Waals surface area contributed by atoms with Crippen LogP contribution in [0.15, 0.2) is 47.3 Å². The summed E-state index contributed by atoms with van der Waals surface area (Å²) in [7, 11) is 0. The Morgan fingerprint density at radius 1 is 1.03 bits per heavy atom. The van der Waals surface area contributed by atoms with Crippen LogP contribution in [0.1, 0.15) is 36.1 Å². The first-order chi connectivity index (χ1) is 15.3. The van der Waals surface area contributed by atoms with E-state index in [9.17, 15) is 4.79 Å². The maximum Gasteiger partial charge on any atom is 0.253 e. The Labute approximate surface area is 196 Å². The molecule has 6 heteroatoms. The molecule has 0 atom stereocenters. The van der Waals surface area contributed by atoms with E-state index in [0.29, 0.717) is 17.2 Å². The molecule has 3 rings (SSSR count). The number of aryl methyl sites for hydroxylation is 2. The first-order valence-electron chi connectivity index (χ1n) is 11.3. The van der Waals surface area contributed by atoms with Gasteiger partial charge < -0.3 is 20.1 Å². The van der Waals surface area contributed by atoms with E-state index in [4.69, 9.17) is 12.2 Å². The standard InChI is InChI=1S/C26H34N4OS/c1-6-29(7-2)13-14-30(26(32)28-23-10-8-9-19(4)20(23)5)17-22-16-21-12-11-18(3)15-24(21)27-25(22)31/h8-12,15-16H,6-7,13-14,17H2,1-5H3,(H,27,31)(H,28,32). The molecule has 32 heavy (non-hydrogen) atoms. The summed E-state index contributed by atoms with van der Waals surface area (Å²) < 4.78 is 0. The lowest BCUT2D eigenvalue weighted by molar-refractivity contribution is 0.266. The normalized spacial score (nSPS) is 11.2. The van der Waals surface area contributed by atoms with Gasteiger partial charge in [-0.25, -0.2) is 0 Å². The summed E-state index contributed by atoms with van der Waals surface area (Å²) in [6.45, 7) is 14.6. The molecule has 0 radical (unpaired) electrons. The fourth-order valence-electron chi connectivity index (χ4n) is 3.82. The summed E-state index contributed by atoms with van der Waals surface area (Å²) in [4.78, 5) is 20.4. The number of hydrogen-bond donors (Lipinski definition) is 2. The van der Waals surface area contributed by atoms with Crippen molar-refractivity contribution < 1.29 is 0 Å². The lowest BCUT2D eigenvalue weighted by Crippen LogP contribution is -2.41. The first kappa shape index (κ1) is 24.0. The van der Waals surface area contributed by atoms with Gasteiger partial charge in [-0.3, -0.25) is 4.79 Å². The van der Waals surface area contributed by atoms with Gasteiger partial charge in [-0.2, -0.15) is 0 Å². The molecule has 5 nitrogen and oxygen atoms in total. The average molecular weight is 451 g/mol. The summed E-state index contributed by atoms with van der Waals surface area (Å²) in [5, 5.41) is 5.09. The molecule has 1 heterocycles. The SMILES string of the molecule is CCN(CC)CCN(Cc1cc2ccc(C)cc2[nH]c1=O)C(=S)Nc1cccc(C)c1C. The second-order valence-electron chi connectivity index (χ2n) is 8.34. The van der Waals surface area contributed by atoms with Gasteiger partial charge in [0.05, 0.1) is 6.54 Å². The number of thiocarbonyl (C=S) groups is 1. The van der Waals surface area contributed by atoms with E-state index in [1.807, 2.05) is 31.2 Å². The van der Waals surface area contributed by atoms with Crippen LogP contribution in [0.25, 0.3) is 10.9 Å². The maximum atomic E-state index is 12.9. The number of nitrogens with one attached hydrogen (secondary N) is 2. The molecule has 0 saturated heterocycles. The van der Waals surface area contributed by atoms with E-state index in [1.54, 1.807) is 0 Å². The highest BCUT2D eigenvalue weighted by molar-refractivity contribution is 7.80. The zero-order valence-electron chi connectivity index (χ0n) is 19.8. The Bertz CT molecular complexity index is 1150. The first-order valence-corrected chi connectivity index (χ1v) is 11.7. The molecule has 0 amide bonds. The van der Waals surface area contributed by atoms with Crippen LogP contribution in [0.3, 0.4) is 0 Å². The topological polar surface area (TPSA) is 51.4 Å². The van der Waals surface area contributed by atoms with Crippen molar-refractivity contribution in [3.63, 3.8) is 0 Å². The van der Waals surface area contributed by atoms with Crippen LogP contribution in [0.5, 0.6) is 0 Å². The maximum absolute atomic E-state index is 12.9. The van der Waals surface area contributed by atoms with Gasteiger partial charge in [0.25, 0.3) is 5.56 Å². The van der Waals surface area contributed by atoms with Crippen LogP contribution in [-0.2, 0) is 6.54 Å². The predicted molar refractivity (Wildman–Crippen MR) is 140 cm³/mol. The van der Waals surface area contributed by atoms with E-state index in [-0.39, 0.29) is 5.56 Å². The lowest BCUT2D eigenvalue weighted by Gasteiger charge is -2.29. The fraction of sp³-hybridized carbons (Fsp3) is 0.385. The highest BCUT2D eigenvalue weighted by atomic mass is 32.1. The average Bonchev–Trinajstić information content (AvgIpc) is 2.77. The molecular formula is C26H34N4OS. The summed E-state index contributed by atoms with van der Waals surface area (Å²) in [5.74, 6) is 0. The third-order valence-corrected chi connectivity index (χ3v) is 6.51. The Kier molecular flexibility index (Phi) is 8.04. The Morgan fingerprint density at radius 2 is 1.78 bits per heavy atom. The van der Waals surface area contributed by atoms with E-state index >= 15 is 0 Å². The van der Waals surface area contributed by atoms with Crippen molar-refractivity contribution in [2.75, 3.05) is 31.5 Å². The molecule has 0 spiro atoms. The number of benzene rings is 2. The fourth-order valence-corrected chi connectivity index (χ4v) is 4.08. The molecule has 0 aliphatic carbocycles. The minimum absolute atomic E-state index is 0.0644. The van der Waals surface area contributed by atoms with Gasteiger partial charge in [0.15, 0.2) is 5.11 Å². The van der Waals surface area contributed by atoms with Gasteiger partial charge in [-0.1, -0.05) is 38.1 Å². The van der Waals surface area contributed by atoms with Crippen molar-refractivity contribution in [2.45, 2.75) is 41.2 Å². The van der Waals surface area contributed by atoms with Crippen LogP contribution in [-0.4, -0.2) is 46.1 Å². The Hall–Kier alpha value is -2.70. The molecular weight excluding hydrogens is 416 g/mol. The van der Waals surface area contributed by atoms with Gasteiger partial charge in [0.2, 0.25) is 0 Å². The van der Waals surface area contributed by atoms with Crippen molar-refractivity contribution in [3.8, 4) is 0 Å². The molecule has 0 unspecified atom stereocenters. The quantitative estimate of drug-likeness (QED) is 0.473. The van der Waals surface area contributed by atoms with Gasteiger partial charge in [0.1, 0.15) is 0 Å². The van der Waals surface area contributed by atoms with Crippen molar-refractivity contribution in [1.29, 1.82) is 0 Å². The smallest absolute Gasteiger partial charge is 0.253 e. The lowest BCUT2D eigenvalue weighted by atomic mass is 10.1. The summed E-state index contributed by atoms with van der Waals surface area (Å²) >= 11 is 5.82. The monoisotopic (exact) mass is 450 g/mol. The number of hydrogen-bond acceptors (Lipinski definition) is 3. The van der Waals surface area contributed by atoms with E-state index in [2.05, 4.69) is 66.0 Å². The summed E-state index contributed by atoms with van der Waals surface area (Å²) in [6, 6.07) is 14.3. The molecule has 1 aromatic heterocycles. The number of aromatic nitrogens is 1. The molecule has 2 N–H and O–H groups in total. The number of nitrogens with zero attached hydrogens (tertiary/aromatic N) is 2. The van der Waals surface area contributed by atoms with E-state index in [1.165, 1.54) is 11.1 Å². The zero-order chi connectivity index (χ0) is 23.3. The Morgan fingerprint density at radius 3 is 2.50 bits per heavy atom. The summed E-state index contributed by atoms with van der Waals surface area (Å²) in [6.07, 6.45) is 0. The highest BCUT2D eigenvalue weighted by Crippen LogP contribution is 2.19. The molecule has 2 aromatic carbocycles. The summed E-state index contributed by atoms with van der Waals surface area (Å²) in [5.41, 5.74) is 6.04. The number of rotatable bonds is 8. The van der Waals surface area contributed by atoms with E-state index in [0.717, 1.165) is 48.3 Å². The predicted octanol–water partition coefficient (Wildman–Crippen LogP) is 4.99. The molecule has 0 aliphatic rings. The van der Waals surface area contributed by atoms with Crippen molar-refractivity contribution in [2.24, 2.45) is 0 Å². The van der Waals surface area contributed by atoms with Gasteiger partial charge >= 0.3 is 0 Å². The third-order valence-electron chi connectivity index (χ3n) is 6.15. The second-order valence-corrected chi connectivity index (χ2v) is 8.73. The molecule has 0 fully saturated rings. The number of aromatic amines is 1. The number of anilines is 1. The van der Waals surface area contributed by atoms with Crippen molar-refractivity contribution in [3.05, 3.63) is 75.1 Å². The number of H-pyrrole nitrogens is 1. The van der Waals surface area contributed by atoms with Crippen LogP contribution < -0.4 is 10.9 Å². The largest absolute Gasteiger partial charge is 0.343 e. The number of fused-ring (bicyclic) bond motifs is 1. The minimum atomic E-state index is -0.0644. The van der Waals surface area contributed by atoms with Crippen LogP contribution in [0.2, 0.25) is 0 Å². The minimum Gasteiger partial charge on any atom is -0.343 e. The van der Waals surface area contributed by atoms with Crippen LogP contribution in [0.4, 0.5) is 5.69 Å². The van der Waals surface area contributed by atoms with Crippen LogP contribution >= 0.6 is 12.2 Å². The second kappa shape index (κ2) is 10.7. The van der Waals surface area contributed by atoms with Gasteiger partial charge in [-0.05, 0) is 86.4 Å². The molecule has 3 aromatic rings. The molecule has 0 bridgehead atoms. The zero-order valence-corrected chi connectivity index (χ0v) is 20.6.